The number of benzene rings is 2. The molecule has 0 unspecified atom stereocenters. The molecule has 2 aromatic carbocycles. The second kappa shape index (κ2) is 8.48. The van der Waals surface area contributed by atoms with Crippen LogP contribution in [-0.4, -0.2) is 31.5 Å². The molecule has 6 heteroatoms. The number of amides is 1. The van der Waals surface area contributed by atoms with Crippen LogP contribution in [-0.2, 0) is 11.3 Å². The van der Waals surface area contributed by atoms with Gasteiger partial charge in [-0.1, -0.05) is 22.0 Å². The third-order valence-electron chi connectivity index (χ3n) is 3.37. The molecule has 0 aliphatic rings. The van der Waals surface area contributed by atoms with E-state index in [9.17, 15) is 4.79 Å². The van der Waals surface area contributed by atoms with Gasteiger partial charge >= 0.3 is 0 Å². The van der Waals surface area contributed by atoms with Gasteiger partial charge in [0.25, 0.3) is 0 Å². The van der Waals surface area contributed by atoms with Gasteiger partial charge in [0, 0.05) is 22.3 Å². The molecule has 0 aliphatic heterocycles. The minimum absolute atomic E-state index is 0.137. The fourth-order valence-electron chi connectivity index (χ4n) is 2.33. The summed E-state index contributed by atoms with van der Waals surface area (Å²) in [7, 11) is 3.49. The molecule has 5 nitrogen and oxygen atoms in total. The predicted octanol–water partition coefficient (Wildman–Crippen LogP) is 3.40. The molecule has 0 fully saturated rings. The standard InChI is InChI=1S/C18H18BrN3O2/c1-22(11-14-9-15(19)6-7-17(14)24-2)12-18(23)21-16-5-3-4-13(8-16)10-20/h3-9H,11-12H2,1-2H3,(H,21,23). The van der Waals surface area contributed by atoms with E-state index in [4.69, 9.17) is 10.00 Å². The van der Waals surface area contributed by atoms with Crippen LogP contribution < -0.4 is 10.1 Å². The molecule has 0 spiro atoms. The molecular formula is C18H18BrN3O2. The Morgan fingerprint density at radius 1 is 1.33 bits per heavy atom. The molecule has 0 aromatic heterocycles. The van der Waals surface area contributed by atoms with Crippen LogP contribution in [0.5, 0.6) is 5.75 Å². The number of likely N-dealkylation sites (N-methyl/N-ethyl adjacent to an activating group) is 1. The number of nitriles is 1. The number of hydrogen-bond donors (Lipinski definition) is 1. The second-order valence-electron chi connectivity index (χ2n) is 5.37. The minimum atomic E-state index is -0.137. The van der Waals surface area contributed by atoms with Crippen LogP contribution in [0, 0.1) is 11.3 Å². The van der Waals surface area contributed by atoms with Crippen molar-refractivity contribution in [1.29, 1.82) is 5.26 Å². The Bertz CT molecular complexity index is 771. The van der Waals surface area contributed by atoms with Crippen LogP contribution in [0.15, 0.2) is 46.9 Å². The van der Waals surface area contributed by atoms with E-state index in [1.807, 2.05) is 30.1 Å². The fraction of sp³-hybridized carbons (Fsp3) is 0.222. The average Bonchev–Trinajstić information content (AvgIpc) is 2.55. The summed E-state index contributed by atoms with van der Waals surface area (Å²) in [5.41, 5.74) is 2.13. The summed E-state index contributed by atoms with van der Waals surface area (Å²) >= 11 is 3.44. The lowest BCUT2D eigenvalue weighted by Crippen LogP contribution is -2.30. The second-order valence-corrected chi connectivity index (χ2v) is 6.28. The zero-order valence-electron chi connectivity index (χ0n) is 13.5. The lowest BCUT2D eigenvalue weighted by atomic mass is 10.2. The fourth-order valence-corrected chi connectivity index (χ4v) is 2.74. The first kappa shape index (κ1) is 18.0. The van der Waals surface area contributed by atoms with E-state index in [1.54, 1.807) is 31.4 Å². The van der Waals surface area contributed by atoms with Crippen LogP contribution in [0.2, 0.25) is 0 Å². The number of carbonyl (C=O) groups excluding carboxylic acids is 1. The first-order valence-electron chi connectivity index (χ1n) is 7.33. The Morgan fingerprint density at radius 2 is 2.12 bits per heavy atom. The molecule has 0 saturated heterocycles. The number of nitrogens with zero attached hydrogens (tertiary/aromatic N) is 2. The van der Waals surface area contributed by atoms with Crippen molar-refractivity contribution in [3.63, 3.8) is 0 Å². The number of nitrogens with one attached hydrogen (secondary N) is 1. The maximum absolute atomic E-state index is 12.2. The number of halogens is 1. The van der Waals surface area contributed by atoms with Crippen molar-refractivity contribution in [2.75, 3.05) is 26.0 Å². The minimum Gasteiger partial charge on any atom is -0.496 e. The first-order chi connectivity index (χ1) is 11.5. The highest BCUT2D eigenvalue weighted by molar-refractivity contribution is 9.10. The van der Waals surface area contributed by atoms with Crippen molar-refractivity contribution in [3.05, 3.63) is 58.1 Å². The molecule has 1 N–H and O–H groups in total. The third-order valence-corrected chi connectivity index (χ3v) is 3.86. The molecule has 124 valence electrons. The van der Waals surface area contributed by atoms with E-state index >= 15 is 0 Å². The Labute approximate surface area is 150 Å². The van der Waals surface area contributed by atoms with Gasteiger partial charge in [0.2, 0.25) is 5.91 Å². The van der Waals surface area contributed by atoms with Gasteiger partial charge in [-0.2, -0.15) is 5.26 Å². The van der Waals surface area contributed by atoms with Crippen LogP contribution in [0.3, 0.4) is 0 Å². The summed E-state index contributed by atoms with van der Waals surface area (Å²) in [5, 5.41) is 11.7. The van der Waals surface area contributed by atoms with E-state index in [2.05, 4.69) is 27.3 Å². The molecule has 0 radical (unpaired) electrons. The molecule has 2 rings (SSSR count). The SMILES string of the molecule is COc1ccc(Br)cc1CN(C)CC(=O)Nc1cccc(C#N)c1. The molecule has 0 saturated carbocycles. The summed E-state index contributed by atoms with van der Waals surface area (Å²) < 4.78 is 6.31. The topological polar surface area (TPSA) is 65.4 Å². The number of anilines is 1. The Hall–Kier alpha value is -2.36. The van der Waals surface area contributed by atoms with Gasteiger partial charge in [-0.25, -0.2) is 0 Å². The van der Waals surface area contributed by atoms with Gasteiger partial charge in [0.05, 0.1) is 25.3 Å². The van der Waals surface area contributed by atoms with E-state index in [0.29, 0.717) is 17.8 Å². The van der Waals surface area contributed by atoms with E-state index in [0.717, 1.165) is 15.8 Å². The number of carbonyl (C=O) groups is 1. The van der Waals surface area contributed by atoms with Gasteiger partial charge in [-0.15, -0.1) is 0 Å². The zero-order valence-corrected chi connectivity index (χ0v) is 15.1. The summed E-state index contributed by atoms with van der Waals surface area (Å²) in [6.45, 7) is 0.806. The number of ether oxygens (including phenoxy) is 1. The quantitative estimate of drug-likeness (QED) is 0.824. The van der Waals surface area contributed by atoms with E-state index in [-0.39, 0.29) is 12.5 Å². The maximum atomic E-state index is 12.2. The summed E-state index contributed by atoms with van der Waals surface area (Å²) in [5.74, 6) is 0.647. The zero-order chi connectivity index (χ0) is 17.5. The molecule has 0 heterocycles. The highest BCUT2D eigenvalue weighted by atomic mass is 79.9. The Morgan fingerprint density at radius 3 is 2.83 bits per heavy atom. The summed E-state index contributed by atoms with van der Waals surface area (Å²) in [4.78, 5) is 14.1. The normalized spacial score (nSPS) is 10.3. The van der Waals surface area contributed by atoms with Crippen LogP contribution in [0.1, 0.15) is 11.1 Å². The molecule has 24 heavy (non-hydrogen) atoms. The lowest BCUT2D eigenvalue weighted by Gasteiger charge is -2.18. The van der Waals surface area contributed by atoms with Crippen molar-refractivity contribution in [1.82, 2.24) is 4.90 Å². The highest BCUT2D eigenvalue weighted by Gasteiger charge is 2.11. The van der Waals surface area contributed by atoms with E-state index < -0.39 is 0 Å². The number of hydrogen-bond acceptors (Lipinski definition) is 4. The highest BCUT2D eigenvalue weighted by Crippen LogP contribution is 2.24. The summed E-state index contributed by atoms with van der Waals surface area (Å²) in [6, 6.07) is 14.7. The molecule has 0 atom stereocenters. The molecular weight excluding hydrogens is 370 g/mol. The van der Waals surface area contributed by atoms with Crippen molar-refractivity contribution < 1.29 is 9.53 Å². The van der Waals surface area contributed by atoms with Crippen LogP contribution >= 0.6 is 15.9 Å². The molecule has 0 bridgehead atoms. The third kappa shape index (κ3) is 5.08. The van der Waals surface area contributed by atoms with Gasteiger partial charge in [0.1, 0.15) is 5.75 Å². The smallest absolute Gasteiger partial charge is 0.238 e. The predicted molar refractivity (Wildman–Crippen MR) is 96.8 cm³/mol. The van der Waals surface area contributed by atoms with Crippen LogP contribution in [0.4, 0.5) is 5.69 Å². The maximum Gasteiger partial charge on any atom is 0.238 e. The molecule has 1 amide bonds. The van der Waals surface area contributed by atoms with Gasteiger partial charge in [0.15, 0.2) is 0 Å². The molecule has 0 aliphatic carbocycles. The van der Waals surface area contributed by atoms with Crippen LogP contribution in [0.25, 0.3) is 0 Å². The summed E-state index contributed by atoms with van der Waals surface area (Å²) in [6.07, 6.45) is 0. The average molecular weight is 388 g/mol. The first-order valence-corrected chi connectivity index (χ1v) is 8.12. The Balaban J connectivity index is 1.97. The van der Waals surface area contributed by atoms with Crippen molar-refractivity contribution in [3.8, 4) is 11.8 Å². The lowest BCUT2D eigenvalue weighted by molar-refractivity contribution is -0.117. The number of methoxy groups -OCH3 is 1. The van der Waals surface area contributed by atoms with Gasteiger partial charge in [-0.3, -0.25) is 9.69 Å². The van der Waals surface area contributed by atoms with Gasteiger partial charge < -0.3 is 10.1 Å². The largest absolute Gasteiger partial charge is 0.496 e. The van der Waals surface area contributed by atoms with Gasteiger partial charge in [-0.05, 0) is 43.4 Å². The Kier molecular flexibility index (Phi) is 6.36. The van der Waals surface area contributed by atoms with Crippen molar-refractivity contribution in [2.24, 2.45) is 0 Å². The molecule has 2 aromatic rings. The van der Waals surface area contributed by atoms with E-state index in [1.165, 1.54) is 0 Å². The number of rotatable bonds is 6. The van der Waals surface area contributed by atoms with Crippen molar-refractivity contribution in [2.45, 2.75) is 6.54 Å². The van der Waals surface area contributed by atoms with Crippen molar-refractivity contribution >= 4 is 27.5 Å². The monoisotopic (exact) mass is 387 g/mol.